The Morgan fingerprint density at radius 1 is 1.24 bits per heavy atom. The predicted molar refractivity (Wildman–Crippen MR) is 100 cm³/mol. The summed E-state index contributed by atoms with van der Waals surface area (Å²) in [7, 11) is 0. The highest BCUT2D eigenvalue weighted by atomic mass is 79.9. The molecule has 1 aliphatic carbocycles. The van der Waals surface area contributed by atoms with Crippen LogP contribution in [0.1, 0.15) is 30.7 Å². The van der Waals surface area contributed by atoms with Crippen molar-refractivity contribution in [1.29, 1.82) is 0 Å². The summed E-state index contributed by atoms with van der Waals surface area (Å²) in [6.07, 6.45) is 6.53. The SMILES string of the molecule is O=C(NC1CCCN(c2ncccn2)C1)C1CC1c1cccc(Br)c1. The minimum Gasteiger partial charge on any atom is -0.351 e. The van der Waals surface area contributed by atoms with Crippen LogP contribution in [0.25, 0.3) is 0 Å². The van der Waals surface area contributed by atoms with Crippen molar-refractivity contribution in [3.05, 3.63) is 52.8 Å². The number of piperidine rings is 1. The number of halogens is 1. The molecule has 0 spiro atoms. The Morgan fingerprint density at radius 3 is 2.88 bits per heavy atom. The molecule has 1 amide bonds. The largest absolute Gasteiger partial charge is 0.351 e. The van der Waals surface area contributed by atoms with Gasteiger partial charge in [-0.3, -0.25) is 4.79 Å². The number of rotatable bonds is 4. The Kier molecular flexibility index (Phi) is 4.70. The van der Waals surface area contributed by atoms with Crippen LogP contribution in [0.5, 0.6) is 0 Å². The summed E-state index contributed by atoms with van der Waals surface area (Å²) in [5.41, 5.74) is 1.25. The molecule has 2 heterocycles. The van der Waals surface area contributed by atoms with E-state index in [1.54, 1.807) is 12.4 Å². The van der Waals surface area contributed by atoms with Crippen LogP contribution in [0.2, 0.25) is 0 Å². The fraction of sp³-hybridized carbons (Fsp3) is 0.421. The molecule has 25 heavy (non-hydrogen) atoms. The molecule has 2 fully saturated rings. The molecule has 0 radical (unpaired) electrons. The molecule has 4 rings (SSSR count). The first kappa shape index (κ1) is 16.5. The van der Waals surface area contributed by atoms with Gasteiger partial charge in [0.25, 0.3) is 0 Å². The maximum Gasteiger partial charge on any atom is 0.225 e. The van der Waals surface area contributed by atoms with Gasteiger partial charge in [0.05, 0.1) is 0 Å². The normalized spacial score (nSPS) is 25.5. The molecule has 1 aliphatic heterocycles. The smallest absolute Gasteiger partial charge is 0.225 e. The summed E-state index contributed by atoms with van der Waals surface area (Å²) in [6.45, 7) is 1.73. The number of nitrogens with one attached hydrogen (secondary N) is 1. The Labute approximate surface area is 156 Å². The van der Waals surface area contributed by atoms with Gasteiger partial charge in [-0.1, -0.05) is 28.1 Å². The first-order chi connectivity index (χ1) is 12.2. The van der Waals surface area contributed by atoms with Gasteiger partial charge in [0.2, 0.25) is 11.9 Å². The Morgan fingerprint density at radius 2 is 2.08 bits per heavy atom. The standard InChI is InChI=1S/C19H21BrN4O/c20-14-5-1-4-13(10-14)16-11-17(16)18(25)23-15-6-2-9-24(12-15)19-21-7-3-8-22-19/h1,3-5,7-8,10,15-17H,2,6,9,11-12H2,(H,23,25). The molecule has 130 valence electrons. The van der Waals surface area contributed by atoms with Crippen molar-refractivity contribution in [2.45, 2.75) is 31.2 Å². The van der Waals surface area contributed by atoms with Crippen molar-refractivity contribution in [3.8, 4) is 0 Å². The topological polar surface area (TPSA) is 58.1 Å². The summed E-state index contributed by atoms with van der Waals surface area (Å²) >= 11 is 3.51. The maximum absolute atomic E-state index is 12.6. The van der Waals surface area contributed by atoms with E-state index in [1.807, 2.05) is 18.2 Å². The van der Waals surface area contributed by atoms with Crippen LogP contribution < -0.4 is 10.2 Å². The van der Waals surface area contributed by atoms with Gasteiger partial charge in [-0.25, -0.2) is 9.97 Å². The van der Waals surface area contributed by atoms with E-state index < -0.39 is 0 Å². The van der Waals surface area contributed by atoms with E-state index in [1.165, 1.54) is 5.56 Å². The Bertz CT molecular complexity index is 754. The van der Waals surface area contributed by atoms with Crippen LogP contribution in [0.3, 0.4) is 0 Å². The average molecular weight is 401 g/mol. The highest BCUT2D eigenvalue weighted by Crippen LogP contribution is 2.48. The molecular formula is C19H21BrN4O. The van der Waals surface area contributed by atoms with Gasteiger partial charge < -0.3 is 10.2 Å². The van der Waals surface area contributed by atoms with Crippen molar-refractivity contribution in [2.75, 3.05) is 18.0 Å². The number of carbonyl (C=O) groups excluding carboxylic acids is 1. The highest BCUT2D eigenvalue weighted by Gasteiger charge is 2.44. The van der Waals surface area contributed by atoms with E-state index in [-0.39, 0.29) is 17.9 Å². The number of hydrogen-bond acceptors (Lipinski definition) is 4. The Hall–Kier alpha value is -1.95. The molecule has 1 saturated heterocycles. The predicted octanol–water partition coefficient (Wildman–Crippen LogP) is 3.13. The lowest BCUT2D eigenvalue weighted by Gasteiger charge is -2.33. The van der Waals surface area contributed by atoms with Gasteiger partial charge in [0, 0.05) is 41.9 Å². The van der Waals surface area contributed by atoms with Crippen LogP contribution in [0.15, 0.2) is 47.2 Å². The van der Waals surface area contributed by atoms with Crippen LogP contribution >= 0.6 is 15.9 Å². The zero-order chi connectivity index (χ0) is 17.2. The van der Waals surface area contributed by atoms with Crippen LogP contribution in [-0.2, 0) is 4.79 Å². The third-order valence-corrected chi connectivity index (χ3v) is 5.50. The average Bonchev–Trinajstić information content (AvgIpc) is 3.44. The van der Waals surface area contributed by atoms with E-state index in [0.717, 1.165) is 42.8 Å². The zero-order valence-electron chi connectivity index (χ0n) is 13.9. The quantitative estimate of drug-likeness (QED) is 0.856. The van der Waals surface area contributed by atoms with Gasteiger partial charge in [-0.2, -0.15) is 0 Å². The number of nitrogens with zero attached hydrogens (tertiary/aromatic N) is 3. The van der Waals surface area contributed by atoms with Crippen molar-refractivity contribution in [3.63, 3.8) is 0 Å². The van der Waals surface area contributed by atoms with Gasteiger partial charge in [-0.05, 0) is 48.9 Å². The molecule has 1 saturated carbocycles. The van der Waals surface area contributed by atoms with Crippen LogP contribution in [0.4, 0.5) is 5.95 Å². The number of benzene rings is 1. The summed E-state index contributed by atoms with van der Waals surface area (Å²) in [4.78, 5) is 23.4. The molecule has 3 unspecified atom stereocenters. The van der Waals surface area contributed by atoms with Crippen molar-refractivity contribution in [1.82, 2.24) is 15.3 Å². The highest BCUT2D eigenvalue weighted by molar-refractivity contribution is 9.10. The lowest BCUT2D eigenvalue weighted by atomic mass is 10.1. The lowest BCUT2D eigenvalue weighted by molar-refractivity contribution is -0.123. The third kappa shape index (κ3) is 3.84. The summed E-state index contributed by atoms with van der Waals surface area (Å²) < 4.78 is 1.07. The number of anilines is 1. The minimum atomic E-state index is 0.109. The zero-order valence-corrected chi connectivity index (χ0v) is 15.5. The first-order valence-electron chi connectivity index (χ1n) is 8.78. The molecule has 2 aromatic rings. The van der Waals surface area contributed by atoms with Gasteiger partial charge >= 0.3 is 0 Å². The summed E-state index contributed by atoms with van der Waals surface area (Å²) in [6, 6.07) is 10.3. The molecule has 0 bridgehead atoms. The monoisotopic (exact) mass is 400 g/mol. The first-order valence-corrected chi connectivity index (χ1v) is 9.58. The fourth-order valence-electron chi connectivity index (χ4n) is 3.63. The van der Waals surface area contributed by atoms with E-state index in [0.29, 0.717) is 5.92 Å². The van der Waals surface area contributed by atoms with Gasteiger partial charge in [0.15, 0.2) is 0 Å². The second kappa shape index (κ2) is 7.12. The fourth-order valence-corrected chi connectivity index (χ4v) is 4.05. The molecule has 1 aromatic heterocycles. The van der Waals surface area contributed by atoms with E-state index in [4.69, 9.17) is 0 Å². The summed E-state index contributed by atoms with van der Waals surface area (Å²) in [5, 5.41) is 3.25. The van der Waals surface area contributed by atoms with Gasteiger partial charge in [0.1, 0.15) is 0 Å². The number of aromatic nitrogens is 2. The number of amides is 1. The van der Waals surface area contributed by atoms with Crippen molar-refractivity contribution in [2.24, 2.45) is 5.92 Å². The molecule has 1 aromatic carbocycles. The Balaban J connectivity index is 1.34. The van der Waals surface area contributed by atoms with Crippen molar-refractivity contribution < 1.29 is 4.79 Å². The second-order valence-electron chi connectivity index (χ2n) is 6.85. The lowest BCUT2D eigenvalue weighted by Crippen LogP contribution is -2.48. The molecular weight excluding hydrogens is 380 g/mol. The number of carbonyl (C=O) groups is 1. The maximum atomic E-state index is 12.6. The molecule has 1 N–H and O–H groups in total. The minimum absolute atomic E-state index is 0.109. The third-order valence-electron chi connectivity index (χ3n) is 5.01. The molecule has 2 aliphatic rings. The van der Waals surface area contributed by atoms with Crippen molar-refractivity contribution >= 4 is 27.8 Å². The van der Waals surface area contributed by atoms with E-state index in [2.05, 4.69) is 48.2 Å². The second-order valence-corrected chi connectivity index (χ2v) is 7.76. The van der Waals surface area contributed by atoms with Gasteiger partial charge in [-0.15, -0.1) is 0 Å². The molecule has 5 nitrogen and oxygen atoms in total. The summed E-state index contributed by atoms with van der Waals surface area (Å²) in [5.74, 6) is 1.40. The van der Waals surface area contributed by atoms with E-state index >= 15 is 0 Å². The van der Waals surface area contributed by atoms with E-state index in [9.17, 15) is 4.79 Å². The number of hydrogen-bond donors (Lipinski definition) is 1. The van der Waals surface area contributed by atoms with Crippen LogP contribution in [-0.4, -0.2) is 35.0 Å². The molecule has 6 heteroatoms. The van der Waals surface area contributed by atoms with Crippen LogP contribution in [0, 0.1) is 5.92 Å². The molecule has 3 atom stereocenters.